The minimum atomic E-state index is -0.766. The first kappa shape index (κ1) is 9.98. The molecule has 2 rings (SSSR count). The van der Waals surface area contributed by atoms with E-state index >= 15 is 0 Å². The minimum Gasteiger partial charge on any atom is -0.508 e. The van der Waals surface area contributed by atoms with E-state index < -0.39 is 5.97 Å². The van der Waals surface area contributed by atoms with Gasteiger partial charge >= 0.3 is 5.97 Å². The van der Waals surface area contributed by atoms with Gasteiger partial charge in [0.15, 0.2) is 0 Å². The lowest BCUT2D eigenvalue weighted by molar-refractivity contribution is -0.141. The average molecular weight is 207 g/mol. The molecule has 0 saturated carbocycles. The molecule has 0 aromatic heterocycles. The molecule has 1 aromatic carbocycles. The maximum absolute atomic E-state index is 11.0. The van der Waals surface area contributed by atoms with Crippen LogP contribution in [-0.2, 0) is 4.79 Å². The largest absolute Gasteiger partial charge is 0.508 e. The van der Waals surface area contributed by atoms with Crippen molar-refractivity contribution in [2.24, 2.45) is 5.92 Å². The van der Waals surface area contributed by atoms with E-state index in [-0.39, 0.29) is 17.6 Å². The number of carboxylic acids is 1. The van der Waals surface area contributed by atoms with Crippen LogP contribution >= 0.6 is 0 Å². The Morgan fingerprint density at radius 2 is 1.93 bits per heavy atom. The molecule has 4 nitrogen and oxygen atoms in total. The number of aromatic hydroxyl groups is 1. The monoisotopic (exact) mass is 207 g/mol. The quantitative estimate of drug-likeness (QED) is 0.670. The Bertz CT molecular complexity index is 361. The highest BCUT2D eigenvalue weighted by atomic mass is 16.4. The van der Waals surface area contributed by atoms with Gasteiger partial charge < -0.3 is 15.5 Å². The van der Waals surface area contributed by atoms with Crippen LogP contribution < -0.4 is 5.32 Å². The molecule has 80 valence electrons. The maximum Gasteiger partial charge on any atom is 0.308 e. The second-order valence-corrected chi connectivity index (χ2v) is 3.80. The number of phenolic OH excluding ortho intramolecular Hbond substituents is 1. The van der Waals surface area contributed by atoms with E-state index in [2.05, 4.69) is 5.32 Å². The van der Waals surface area contributed by atoms with Crippen LogP contribution in [0, 0.1) is 5.92 Å². The van der Waals surface area contributed by atoms with Crippen LogP contribution in [0.4, 0.5) is 0 Å². The van der Waals surface area contributed by atoms with Crippen molar-refractivity contribution in [3.05, 3.63) is 29.8 Å². The van der Waals surface area contributed by atoms with Crippen molar-refractivity contribution in [2.75, 3.05) is 13.1 Å². The van der Waals surface area contributed by atoms with E-state index in [1.165, 1.54) is 0 Å². The molecule has 0 bridgehead atoms. The van der Waals surface area contributed by atoms with Crippen molar-refractivity contribution in [1.82, 2.24) is 5.32 Å². The third kappa shape index (κ3) is 1.94. The number of rotatable bonds is 2. The molecule has 0 amide bonds. The number of aliphatic carboxylic acids is 1. The number of carbonyl (C=O) groups is 1. The molecule has 2 atom stereocenters. The van der Waals surface area contributed by atoms with Crippen molar-refractivity contribution in [3.63, 3.8) is 0 Å². The number of nitrogens with one attached hydrogen (secondary N) is 1. The lowest BCUT2D eigenvalue weighted by Crippen LogP contribution is -2.20. The van der Waals surface area contributed by atoms with Gasteiger partial charge in [-0.2, -0.15) is 0 Å². The Morgan fingerprint density at radius 1 is 1.27 bits per heavy atom. The predicted octanol–water partition coefficient (Wildman–Crippen LogP) is 0.780. The number of phenols is 1. The molecule has 15 heavy (non-hydrogen) atoms. The van der Waals surface area contributed by atoms with Gasteiger partial charge in [0.1, 0.15) is 5.75 Å². The van der Waals surface area contributed by atoms with Crippen LogP contribution in [0.5, 0.6) is 5.75 Å². The predicted molar refractivity (Wildman–Crippen MR) is 54.8 cm³/mol. The van der Waals surface area contributed by atoms with Crippen LogP contribution in [0.2, 0.25) is 0 Å². The first-order valence-corrected chi connectivity index (χ1v) is 4.91. The van der Waals surface area contributed by atoms with E-state index in [9.17, 15) is 4.79 Å². The molecule has 1 fully saturated rings. The number of carboxylic acid groups (broad SMARTS) is 1. The zero-order chi connectivity index (χ0) is 10.8. The van der Waals surface area contributed by atoms with E-state index in [0.29, 0.717) is 13.1 Å². The summed E-state index contributed by atoms with van der Waals surface area (Å²) in [5, 5.41) is 21.2. The number of hydrogen-bond acceptors (Lipinski definition) is 3. The van der Waals surface area contributed by atoms with Crippen molar-refractivity contribution in [1.29, 1.82) is 0 Å². The zero-order valence-corrected chi connectivity index (χ0v) is 8.18. The van der Waals surface area contributed by atoms with Crippen LogP contribution in [0.15, 0.2) is 24.3 Å². The van der Waals surface area contributed by atoms with E-state index in [1.54, 1.807) is 24.3 Å². The van der Waals surface area contributed by atoms with Crippen molar-refractivity contribution in [2.45, 2.75) is 5.92 Å². The van der Waals surface area contributed by atoms with Gasteiger partial charge in [-0.1, -0.05) is 12.1 Å². The Hall–Kier alpha value is -1.55. The standard InChI is InChI=1S/C11H13NO3/c13-8-3-1-7(2-4-8)9-5-12-6-10(9)11(14)15/h1-4,9-10,12-13H,5-6H2,(H,14,15). The second-order valence-electron chi connectivity index (χ2n) is 3.80. The van der Waals surface area contributed by atoms with E-state index in [4.69, 9.17) is 10.2 Å². The van der Waals surface area contributed by atoms with E-state index in [0.717, 1.165) is 5.56 Å². The first-order chi connectivity index (χ1) is 7.18. The summed E-state index contributed by atoms with van der Waals surface area (Å²) in [7, 11) is 0. The van der Waals surface area contributed by atoms with Gasteiger partial charge in [0, 0.05) is 19.0 Å². The van der Waals surface area contributed by atoms with Crippen LogP contribution in [0.25, 0.3) is 0 Å². The lowest BCUT2D eigenvalue weighted by atomic mass is 9.89. The fourth-order valence-corrected chi connectivity index (χ4v) is 2.01. The Balaban J connectivity index is 2.22. The topological polar surface area (TPSA) is 69.6 Å². The second kappa shape index (κ2) is 3.90. The Morgan fingerprint density at radius 3 is 2.53 bits per heavy atom. The molecular formula is C11H13NO3. The van der Waals surface area contributed by atoms with Gasteiger partial charge in [-0.3, -0.25) is 4.79 Å². The van der Waals surface area contributed by atoms with Crippen molar-refractivity contribution in [3.8, 4) is 5.75 Å². The van der Waals surface area contributed by atoms with E-state index in [1.807, 2.05) is 0 Å². The summed E-state index contributed by atoms with van der Waals surface area (Å²) in [6.07, 6.45) is 0. The molecule has 0 spiro atoms. The van der Waals surface area contributed by atoms with Crippen LogP contribution in [0.1, 0.15) is 11.5 Å². The summed E-state index contributed by atoms with van der Waals surface area (Å²) < 4.78 is 0. The maximum atomic E-state index is 11.0. The summed E-state index contributed by atoms with van der Waals surface area (Å²) in [5.41, 5.74) is 0.963. The molecule has 1 aliphatic rings. The molecule has 1 aromatic rings. The zero-order valence-electron chi connectivity index (χ0n) is 8.18. The minimum absolute atomic E-state index is 0.00287. The van der Waals surface area contributed by atoms with Crippen molar-refractivity contribution >= 4 is 5.97 Å². The SMILES string of the molecule is O=C(O)C1CNCC1c1ccc(O)cc1. The molecule has 1 aliphatic heterocycles. The number of benzene rings is 1. The fraction of sp³-hybridized carbons (Fsp3) is 0.364. The summed E-state index contributed by atoms with van der Waals surface area (Å²) in [5.74, 6) is -0.924. The van der Waals surface area contributed by atoms with Gasteiger partial charge in [0.25, 0.3) is 0 Å². The summed E-state index contributed by atoms with van der Waals surface area (Å²) in [4.78, 5) is 11.0. The molecular weight excluding hydrogens is 194 g/mol. The Labute approximate surface area is 87.6 Å². The first-order valence-electron chi connectivity index (χ1n) is 4.91. The van der Waals surface area contributed by atoms with Gasteiger partial charge in [-0.25, -0.2) is 0 Å². The van der Waals surface area contributed by atoms with Gasteiger partial charge in [-0.15, -0.1) is 0 Å². The highest BCUT2D eigenvalue weighted by Gasteiger charge is 2.33. The van der Waals surface area contributed by atoms with Gasteiger partial charge in [0.2, 0.25) is 0 Å². The third-order valence-electron chi connectivity index (χ3n) is 2.85. The lowest BCUT2D eigenvalue weighted by Gasteiger charge is -2.14. The van der Waals surface area contributed by atoms with Crippen LogP contribution in [-0.4, -0.2) is 29.3 Å². The van der Waals surface area contributed by atoms with Gasteiger partial charge in [0.05, 0.1) is 5.92 Å². The highest BCUT2D eigenvalue weighted by molar-refractivity contribution is 5.72. The molecule has 4 heteroatoms. The third-order valence-corrected chi connectivity index (χ3v) is 2.85. The molecule has 3 N–H and O–H groups in total. The van der Waals surface area contributed by atoms with Crippen LogP contribution in [0.3, 0.4) is 0 Å². The highest BCUT2D eigenvalue weighted by Crippen LogP contribution is 2.29. The molecule has 1 heterocycles. The summed E-state index contributed by atoms with van der Waals surface area (Å²) >= 11 is 0. The summed E-state index contributed by atoms with van der Waals surface area (Å²) in [6, 6.07) is 6.74. The molecule has 1 saturated heterocycles. The normalized spacial score (nSPS) is 25.3. The molecule has 2 unspecified atom stereocenters. The van der Waals surface area contributed by atoms with Crippen molar-refractivity contribution < 1.29 is 15.0 Å². The molecule has 0 aliphatic carbocycles. The number of hydrogen-bond donors (Lipinski definition) is 3. The summed E-state index contributed by atoms with van der Waals surface area (Å²) in [6.45, 7) is 1.20. The Kier molecular flexibility index (Phi) is 2.60. The fourth-order valence-electron chi connectivity index (χ4n) is 2.01. The smallest absolute Gasteiger partial charge is 0.308 e. The average Bonchev–Trinajstić information content (AvgIpc) is 2.67. The molecule has 0 radical (unpaired) electrons. The van der Waals surface area contributed by atoms with Gasteiger partial charge in [-0.05, 0) is 17.7 Å².